The number of anilines is 1. The number of hydrogen-bond acceptors (Lipinski definition) is 8. The lowest BCUT2D eigenvalue weighted by Gasteiger charge is -2.19. The molecular formula is C18H22N4O6. The van der Waals surface area contributed by atoms with E-state index in [0.29, 0.717) is 5.56 Å². The van der Waals surface area contributed by atoms with E-state index >= 15 is 0 Å². The Morgan fingerprint density at radius 2 is 1.82 bits per heavy atom. The molecule has 2 amide bonds. The predicted molar refractivity (Wildman–Crippen MR) is 98.2 cm³/mol. The van der Waals surface area contributed by atoms with Gasteiger partial charge in [-0.3, -0.25) is 14.9 Å². The minimum atomic E-state index is -0.651. The minimum absolute atomic E-state index is 0.0272. The smallest absolute Gasteiger partial charge is 0.407 e. The second-order valence-electron chi connectivity index (χ2n) is 6.67. The number of benzene rings is 1. The van der Waals surface area contributed by atoms with Crippen molar-refractivity contribution in [3.63, 3.8) is 0 Å². The zero-order valence-electron chi connectivity index (χ0n) is 15.9. The third-order valence-electron chi connectivity index (χ3n) is 3.05. The number of alkyl carbamates (subject to hydrolysis) is 1. The highest BCUT2D eigenvalue weighted by Crippen LogP contribution is 2.18. The van der Waals surface area contributed by atoms with Crippen LogP contribution in [0.1, 0.15) is 27.2 Å². The second kappa shape index (κ2) is 9.49. The molecule has 1 heterocycles. The Labute approximate surface area is 161 Å². The van der Waals surface area contributed by atoms with Crippen molar-refractivity contribution in [1.29, 1.82) is 0 Å². The van der Waals surface area contributed by atoms with E-state index in [9.17, 15) is 14.4 Å². The van der Waals surface area contributed by atoms with Crippen molar-refractivity contribution in [3.8, 4) is 11.5 Å². The number of esters is 1. The maximum Gasteiger partial charge on any atom is 0.407 e. The largest absolute Gasteiger partial charge is 0.456 e. The van der Waals surface area contributed by atoms with Gasteiger partial charge in [0.05, 0.1) is 6.42 Å². The number of nitrogens with one attached hydrogen (secondary N) is 2. The van der Waals surface area contributed by atoms with Gasteiger partial charge in [-0.05, 0) is 32.9 Å². The highest BCUT2D eigenvalue weighted by molar-refractivity contribution is 5.91. The van der Waals surface area contributed by atoms with Gasteiger partial charge in [0.15, 0.2) is 6.61 Å². The molecule has 28 heavy (non-hydrogen) atoms. The number of ether oxygens (including phenoxy) is 2. The fourth-order valence-corrected chi connectivity index (χ4v) is 1.93. The molecule has 0 saturated carbocycles. The van der Waals surface area contributed by atoms with Crippen molar-refractivity contribution in [2.75, 3.05) is 18.5 Å². The molecular weight excluding hydrogens is 368 g/mol. The van der Waals surface area contributed by atoms with Gasteiger partial charge in [-0.25, -0.2) is 4.79 Å². The van der Waals surface area contributed by atoms with Gasteiger partial charge in [0.25, 0.3) is 5.91 Å². The summed E-state index contributed by atoms with van der Waals surface area (Å²) in [5.74, 6) is -1.03. The molecule has 0 aliphatic carbocycles. The lowest BCUT2D eigenvalue weighted by Crippen LogP contribution is -2.34. The monoisotopic (exact) mass is 390 g/mol. The molecule has 0 atom stereocenters. The molecule has 1 aromatic heterocycles. The maximum atomic E-state index is 11.8. The Morgan fingerprint density at radius 3 is 2.50 bits per heavy atom. The van der Waals surface area contributed by atoms with E-state index < -0.39 is 30.2 Å². The summed E-state index contributed by atoms with van der Waals surface area (Å²) < 4.78 is 15.2. The van der Waals surface area contributed by atoms with E-state index in [1.807, 2.05) is 18.2 Å². The highest BCUT2D eigenvalue weighted by Gasteiger charge is 2.16. The maximum absolute atomic E-state index is 11.8. The fourth-order valence-electron chi connectivity index (χ4n) is 1.93. The van der Waals surface area contributed by atoms with Crippen molar-refractivity contribution in [1.82, 2.24) is 15.5 Å². The molecule has 0 saturated heterocycles. The molecule has 2 aromatic rings. The van der Waals surface area contributed by atoms with Crippen LogP contribution in [0.3, 0.4) is 0 Å². The summed E-state index contributed by atoms with van der Waals surface area (Å²) in [7, 11) is 0. The average molecular weight is 390 g/mol. The van der Waals surface area contributed by atoms with Crippen molar-refractivity contribution >= 4 is 24.0 Å². The summed E-state index contributed by atoms with van der Waals surface area (Å²) in [5, 5.41) is 12.3. The van der Waals surface area contributed by atoms with Crippen LogP contribution in [0.25, 0.3) is 11.5 Å². The van der Waals surface area contributed by atoms with Gasteiger partial charge < -0.3 is 19.2 Å². The van der Waals surface area contributed by atoms with Gasteiger partial charge in [-0.1, -0.05) is 23.3 Å². The van der Waals surface area contributed by atoms with Crippen molar-refractivity contribution in [3.05, 3.63) is 30.3 Å². The van der Waals surface area contributed by atoms with Crippen molar-refractivity contribution in [2.24, 2.45) is 0 Å². The molecule has 10 nitrogen and oxygen atoms in total. The zero-order chi connectivity index (χ0) is 20.6. The van der Waals surface area contributed by atoms with Crippen molar-refractivity contribution < 1.29 is 28.3 Å². The van der Waals surface area contributed by atoms with Crippen LogP contribution < -0.4 is 10.6 Å². The number of amides is 2. The standard InChI is InChI=1S/C18H22N4O6/c1-18(2,3)28-17(25)19-10-9-14(24)26-11-13(23)20-16-22-21-15(27-16)12-7-5-4-6-8-12/h4-8H,9-11H2,1-3H3,(H,19,25)(H,20,22,23). The summed E-state index contributed by atoms with van der Waals surface area (Å²) >= 11 is 0. The van der Waals surface area contributed by atoms with E-state index in [2.05, 4.69) is 20.8 Å². The predicted octanol–water partition coefficient (Wildman–Crippen LogP) is 2.13. The van der Waals surface area contributed by atoms with Gasteiger partial charge >= 0.3 is 18.1 Å². The van der Waals surface area contributed by atoms with E-state index in [0.717, 1.165) is 0 Å². The van der Waals surface area contributed by atoms with Gasteiger partial charge in [-0.15, -0.1) is 5.10 Å². The Morgan fingerprint density at radius 1 is 1.11 bits per heavy atom. The number of aromatic nitrogens is 2. The summed E-state index contributed by atoms with van der Waals surface area (Å²) in [6.45, 7) is 4.69. The molecule has 0 fully saturated rings. The molecule has 0 unspecified atom stereocenters. The number of nitrogens with zero attached hydrogens (tertiary/aromatic N) is 2. The molecule has 2 rings (SSSR count). The zero-order valence-corrected chi connectivity index (χ0v) is 15.9. The van der Waals surface area contributed by atoms with Crippen LogP contribution in [0, 0.1) is 0 Å². The average Bonchev–Trinajstić information content (AvgIpc) is 3.07. The third-order valence-corrected chi connectivity index (χ3v) is 3.05. The number of hydrogen-bond donors (Lipinski definition) is 2. The van der Waals surface area contributed by atoms with E-state index in [-0.39, 0.29) is 24.9 Å². The van der Waals surface area contributed by atoms with Gasteiger partial charge in [0.2, 0.25) is 5.89 Å². The third kappa shape index (κ3) is 7.44. The first-order valence-electron chi connectivity index (χ1n) is 8.54. The molecule has 0 aliphatic rings. The fraction of sp³-hybridized carbons (Fsp3) is 0.389. The molecule has 2 N–H and O–H groups in total. The van der Waals surface area contributed by atoms with Gasteiger partial charge in [-0.2, -0.15) is 0 Å². The molecule has 0 radical (unpaired) electrons. The molecule has 150 valence electrons. The van der Waals surface area contributed by atoms with Gasteiger partial charge in [0.1, 0.15) is 5.60 Å². The number of carbonyl (C=O) groups is 3. The highest BCUT2D eigenvalue weighted by atomic mass is 16.6. The molecule has 0 aliphatic heterocycles. The SMILES string of the molecule is CC(C)(C)OC(=O)NCCC(=O)OCC(=O)Nc1nnc(-c2ccccc2)o1. The quantitative estimate of drug-likeness (QED) is 0.687. The van der Waals surface area contributed by atoms with Crippen LogP contribution in [-0.2, 0) is 19.1 Å². The first-order chi connectivity index (χ1) is 13.2. The van der Waals surface area contributed by atoms with Crippen LogP contribution in [0.4, 0.5) is 10.8 Å². The van der Waals surface area contributed by atoms with Crippen LogP contribution >= 0.6 is 0 Å². The summed E-state index contributed by atoms with van der Waals surface area (Å²) in [5.41, 5.74) is 0.0806. The minimum Gasteiger partial charge on any atom is -0.456 e. The van der Waals surface area contributed by atoms with Crippen LogP contribution in [0.15, 0.2) is 34.7 Å². The molecule has 0 spiro atoms. The second-order valence-corrected chi connectivity index (χ2v) is 6.67. The lowest BCUT2D eigenvalue weighted by atomic mass is 10.2. The first-order valence-corrected chi connectivity index (χ1v) is 8.54. The molecule has 1 aromatic carbocycles. The van der Waals surface area contributed by atoms with Crippen LogP contribution in [-0.4, -0.2) is 46.9 Å². The summed E-state index contributed by atoms with van der Waals surface area (Å²) in [6.07, 6.45) is -0.741. The number of carbonyl (C=O) groups excluding carboxylic acids is 3. The van der Waals surface area contributed by atoms with E-state index in [4.69, 9.17) is 13.9 Å². The van der Waals surface area contributed by atoms with Crippen LogP contribution in [0.2, 0.25) is 0 Å². The Hall–Kier alpha value is -3.43. The summed E-state index contributed by atoms with van der Waals surface area (Å²) in [6, 6.07) is 8.94. The Kier molecular flexibility index (Phi) is 7.08. The Balaban J connectivity index is 1.68. The topological polar surface area (TPSA) is 133 Å². The van der Waals surface area contributed by atoms with E-state index in [1.54, 1.807) is 32.9 Å². The number of rotatable bonds is 7. The molecule has 10 heteroatoms. The first kappa shape index (κ1) is 20.9. The van der Waals surface area contributed by atoms with Crippen molar-refractivity contribution in [2.45, 2.75) is 32.8 Å². The van der Waals surface area contributed by atoms with Crippen LogP contribution in [0.5, 0.6) is 0 Å². The normalized spacial score (nSPS) is 10.8. The lowest BCUT2D eigenvalue weighted by molar-refractivity contribution is -0.147. The molecule has 0 bridgehead atoms. The van der Waals surface area contributed by atoms with E-state index in [1.165, 1.54) is 0 Å². The Bertz CT molecular complexity index is 813. The summed E-state index contributed by atoms with van der Waals surface area (Å²) in [4.78, 5) is 34.8. The van der Waals surface area contributed by atoms with Gasteiger partial charge in [0, 0.05) is 12.1 Å².